The van der Waals surface area contributed by atoms with Gasteiger partial charge in [0.15, 0.2) is 0 Å². The standard InChI is InChI=1S/C51H36N2/c1-51(2)44-28-12-9-23-42(44)48-43(41-27-16-26-40-38-22-11-14-30-47(38)53(50(40)41)35-19-7-4-8-20-35)31-33(32-45(48)51)36-24-15-25-39-37-21-10-13-29-46(37)52(49(36)39)34-17-5-3-6-18-34/h3-32H,1-2H3. The van der Waals surface area contributed by atoms with Gasteiger partial charge in [-0.1, -0.05) is 147 Å². The largest absolute Gasteiger partial charge is 0.309 e. The Morgan fingerprint density at radius 2 is 0.830 bits per heavy atom. The molecule has 0 amide bonds. The fourth-order valence-electron chi connectivity index (χ4n) is 9.36. The van der Waals surface area contributed by atoms with Crippen LogP contribution in [0.4, 0.5) is 0 Å². The molecule has 2 nitrogen and oxygen atoms in total. The van der Waals surface area contributed by atoms with E-state index in [1.165, 1.54) is 88.1 Å². The second-order valence-corrected chi connectivity index (χ2v) is 14.9. The third-order valence-corrected chi connectivity index (χ3v) is 11.7. The molecule has 0 saturated heterocycles. The summed E-state index contributed by atoms with van der Waals surface area (Å²) in [6.45, 7) is 4.79. The number of para-hydroxylation sites is 6. The molecule has 1 aliphatic rings. The fourth-order valence-corrected chi connectivity index (χ4v) is 9.36. The lowest BCUT2D eigenvalue weighted by Crippen LogP contribution is -2.15. The van der Waals surface area contributed by atoms with E-state index in [0.717, 1.165) is 11.4 Å². The molecule has 53 heavy (non-hydrogen) atoms. The van der Waals surface area contributed by atoms with Gasteiger partial charge in [-0.2, -0.15) is 0 Å². The Bertz CT molecular complexity index is 3070. The van der Waals surface area contributed by atoms with Crippen LogP contribution in [0.15, 0.2) is 182 Å². The highest BCUT2D eigenvalue weighted by atomic mass is 15.0. The molecule has 0 radical (unpaired) electrons. The minimum absolute atomic E-state index is 0.184. The van der Waals surface area contributed by atoms with Crippen LogP contribution in [0.3, 0.4) is 0 Å². The van der Waals surface area contributed by atoms with Crippen molar-refractivity contribution in [1.29, 1.82) is 0 Å². The Morgan fingerprint density at radius 1 is 0.358 bits per heavy atom. The molecular weight excluding hydrogens is 641 g/mol. The Morgan fingerprint density at radius 3 is 1.45 bits per heavy atom. The molecule has 0 saturated carbocycles. The van der Waals surface area contributed by atoms with Crippen LogP contribution in [0.5, 0.6) is 0 Å². The second-order valence-electron chi connectivity index (χ2n) is 14.9. The maximum Gasteiger partial charge on any atom is 0.0619 e. The summed E-state index contributed by atoms with van der Waals surface area (Å²) in [5.74, 6) is 0. The minimum Gasteiger partial charge on any atom is -0.309 e. The minimum atomic E-state index is -0.184. The van der Waals surface area contributed by atoms with Gasteiger partial charge in [0.05, 0.1) is 22.1 Å². The van der Waals surface area contributed by atoms with Gasteiger partial charge in [-0.25, -0.2) is 0 Å². The van der Waals surface area contributed by atoms with Crippen LogP contribution in [0.2, 0.25) is 0 Å². The summed E-state index contributed by atoms with van der Waals surface area (Å²) in [5, 5.41) is 5.05. The van der Waals surface area contributed by atoms with Crippen molar-refractivity contribution in [2.45, 2.75) is 19.3 Å². The van der Waals surface area contributed by atoms with E-state index >= 15 is 0 Å². The van der Waals surface area contributed by atoms with Crippen LogP contribution < -0.4 is 0 Å². The first kappa shape index (κ1) is 30.0. The molecule has 2 aromatic heterocycles. The Hall–Kier alpha value is -6.64. The third-order valence-electron chi connectivity index (χ3n) is 11.7. The maximum absolute atomic E-state index is 2.49. The van der Waals surface area contributed by atoms with Crippen molar-refractivity contribution in [2.75, 3.05) is 0 Å². The number of aromatic nitrogens is 2. The monoisotopic (exact) mass is 676 g/mol. The summed E-state index contributed by atoms with van der Waals surface area (Å²) in [5.41, 5.74) is 17.4. The van der Waals surface area contributed by atoms with E-state index in [-0.39, 0.29) is 5.41 Å². The Labute approximate surface area is 308 Å². The molecule has 0 spiro atoms. The van der Waals surface area contributed by atoms with Crippen molar-refractivity contribution >= 4 is 43.6 Å². The molecule has 1 aliphatic carbocycles. The van der Waals surface area contributed by atoms with Crippen LogP contribution in [0.25, 0.3) is 88.4 Å². The van der Waals surface area contributed by atoms with Crippen LogP contribution in [0.1, 0.15) is 25.0 Å². The molecule has 0 unspecified atom stereocenters. The van der Waals surface area contributed by atoms with E-state index in [1.807, 2.05) is 0 Å². The van der Waals surface area contributed by atoms with E-state index in [0.29, 0.717) is 0 Å². The molecule has 2 heteroatoms. The molecule has 2 heterocycles. The quantitative estimate of drug-likeness (QED) is 0.176. The zero-order valence-electron chi connectivity index (χ0n) is 29.7. The molecular formula is C51H36N2. The summed E-state index contributed by atoms with van der Waals surface area (Å²) in [7, 11) is 0. The normalized spacial score (nSPS) is 13.2. The zero-order chi connectivity index (χ0) is 35.3. The summed E-state index contributed by atoms with van der Waals surface area (Å²) >= 11 is 0. The number of hydrogen-bond donors (Lipinski definition) is 0. The zero-order valence-corrected chi connectivity index (χ0v) is 29.7. The van der Waals surface area contributed by atoms with Gasteiger partial charge in [0.1, 0.15) is 0 Å². The van der Waals surface area contributed by atoms with Crippen LogP contribution in [-0.2, 0) is 5.41 Å². The summed E-state index contributed by atoms with van der Waals surface area (Å²) in [6.07, 6.45) is 0. The first-order valence-electron chi connectivity index (χ1n) is 18.5. The lowest BCUT2D eigenvalue weighted by atomic mass is 9.80. The van der Waals surface area contributed by atoms with Crippen molar-refractivity contribution in [2.24, 2.45) is 0 Å². The molecule has 10 aromatic rings. The summed E-state index contributed by atoms with van der Waals surface area (Å²) in [6, 6.07) is 67.1. The second kappa shape index (κ2) is 11.2. The lowest BCUT2D eigenvalue weighted by molar-refractivity contribution is 0.660. The molecule has 0 fully saturated rings. The number of fused-ring (bicyclic) bond motifs is 9. The average molecular weight is 677 g/mol. The predicted molar refractivity (Wildman–Crippen MR) is 224 cm³/mol. The first-order valence-corrected chi connectivity index (χ1v) is 18.5. The topological polar surface area (TPSA) is 9.86 Å². The van der Waals surface area contributed by atoms with Gasteiger partial charge < -0.3 is 9.13 Å². The number of nitrogens with zero attached hydrogens (tertiary/aromatic N) is 2. The van der Waals surface area contributed by atoms with Gasteiger partial charge in [-0.05, 0) is 81.9 Å². The predicted octanol–water partition coefficient (Wildman–Crippen LogP) is 13.5. The first-order chi connectivity index (χ1) is 26.1. The van der Waals surface area contributed by atoms with Crippen LogP contribution in [0, 0.1) is 0 Å². The van der Waals surface area contributed by atoms with Gasteiger partial charge in [0, 0.05) is 49.5 Å². The van der Waals surface area contributed by atoms with E-state index in [2.05, 4.69) is 205 Å². The van der Waals surface area contributed by atoms with Crippen molar-refractivity contribution in [3.8, 4) is 44.8 Å². The van der Waals surface area contributed by atoms with Crippen LogP contribution in [-0.4, -0.2) is 9.13 Å². The molecule has 11 rings (SSSR count). The molecule has 0 bridgehead atoms. The highest BCUT2D eigenvalue weighted by Crippen LogP contribution is 2.55. The van der Waals surface area contributed by atoms with Crippen molar-refractivity contribution < 1.29 is 0 Å². The average Bonchev–Trinajstić information content (AvgIpc) is 3.82. The SMILES string of the molecule is CC1(C)c2ccccc2-c2c(-c3cccc4c5ccccc5n(-c5ccccc5)c34)cc(-c3cccc4c5ccccc5n(-c5ccccc5)c34)cc21. The number of hydrogen-bond acceptors (Lipinski definition) is 0. The van der Waals surface area contributed by atoms with E-state index < -0.39 is 0 Å². The van der Waals surface area contributed by atoms with Crippen molar-refractivity contribution in [3.05, 3.63) is 193 Å². The lowest BCUT2D eigenvalue weighted by Gasteiger charge is -2.23. The Kier molecular flexibility index (Phi) is 6.33. The van der Waals surface area contributed by atoms with E-state index in [4.69, 9.17) is 0 Å². The number of rotatable bonds is 4. The van der Waals surface area contributed by atoms with Gasteiger partial charge in [0.2, 0.25) is 0 Å². The fraction of sp³-hybridized carbons (Fsp3) is 0.0588. The molecule has 0 N–H and O–H groups in total. The van der Waals surface area contributed by atoms with Crippen molar-refractivity contribution in [1.82, 2.24) is 9.13 Å². The summed E-state index contributed by atoms with van der Waals surface area (Å²) in [4.78, 5) is 0. The van der Waals surface area contributed by atoms with E-state index in [1.54, 1.807) is 0 Å². The van der Waals surface area contributed by atoms with Gasteiger partial charge in [-0.15, -0.1) is 0 Å². The smallest absolute Gasteiger partial charge is 0.0619 e. The number of benzene rings is 8. The highest BCUT2D eigenvalue weighted by molar-refractivity contribution is 6.17. The molecule has 0 atom stereocenters. The van der Waals surface area contributed by atoms with Gasteiger partial charge in [0.25, 0.3) is 0 Å². The van der Waals surface area contributed by atoms with Gasteiger partial charge >= 0.3 is 0 Å². The molecule has 0 aliphatic heterocycles. The Balaban J connectivity index is 1.30. The molecule has 8 aromatic carbocycles. The maximum atomic E-state index is 2.49. The highest BCUT2D eigenvalue weighted by Gasteiger charge is 2.38. The summed E-state index contributed by atoms with van der Waals surface area (Å²) < 4.78 is 4.93. The van der Waals surface area contributed by atoms with E-state index in [9.17, 15) is 0 Å². The van der Waals surface area contributed by atoms with Crippen LogP contribution >= 0.6 is 0 Å². The third kappa shape index (κ3) is 4.21. The molecule has 250 valence electrons. The van der Waals surface area contributed by atoms with Gasteiger partial charge in [-0.3, -0.25) is 0 Å². The van der Waals surface area contributed by atoms with Crippen molar-refractivity contribution in [3.63, 3.8) is 0 Å².